The Labute approximate surface area is 173 Å². The lowest BCUT2D eigenvalue weighted by Crippen LogP contribution is -2.51. The minimum absolute atomic E-state index is 0.00958. The number of carbonyl (C=O) groups is 3. The molecule has 0 aromatic carbocycles. The number of aryl methyl sites for hydroxylation is 2. The Morgan fingerprint density at radius 1 is 1.17 bits per heavy atom. The molecule has 2 aromatic rings. The van der Waals surface area contributed by atoms with Crippen LogP contribution in [0, 0.1) is 13.8 Å². The Morgan fingerprint density at radius 2 is 1.86 bits per heavy atom. The molecule has 0 saturated carbocycles. The summed E-state index contributed by atoms with van der Waals surface area (Å²) in [6.45, 7) is 5.26. The monoisotopic (exact) mass is 416 g/mol. The van der Waals surface area contributed by atoms with Gasteiger partial charge in [0.05, 0.1) is 10.6 Å². The lowest BCUT2D eigenvalue weighted by molar-refractivity contribution is -0.148. The average Bonchev–Trinajstić information content (AvgIpc) is 3.33. The number of hydrogen-bond donors (Lipinski definition) is 0. The molecular formula is C20H24N4O4S. The molecule has 1 fully saturated rings. The van der Waals surface area contributed by atoms with Gasteiger partial charge in [0.15, 0.2) is 6.61 Å². The molecule has 1 aliphatic heterocycles. The van der Waals surface area contributed by atoms with E-state index in [0.717, 1.165) is 17.0 Å². The fourth-order valence-corrected chi connectivity index (χ4v) is 3.86. The lowest BCUT2D eigenvalue weighted by Gasteiger charge is -2.34. The molecular weight excluding hydrogens is 392 g/mol. The van der Waals surface area contributed by atoms with Crippen LogP contribution in [0.4, 0.5) is 0 Å². The highest BCUT2D eigenvalue weighted by atomic mass is 32.1. The number of thiophene rings is 1. The second kappa shape index (κ2) is 9.04. The van der Waals surface area contributed by atoms with Crippen molar-refractivity contribution in [2.45, 2.75) is 13.8 Å². The minimum atomic E-state index is -0.576. The van der Waals surface area contributed by atoms with Crippen molar-refractivity contribution in [2.75, 3.05) is 32.8 Å². The summed E-state index contributed by atoms with van der Waals surface area (Å²) in [6, 6.07) is 3.64. The molecule has 2 amide bonds. The number of rotatable bonds is 5. The number of piperazine rings is 1. The van der Waals surface area contributed by atoms with Gasteiger partial charge in [0.25, 0.3) is 11.8 Å². The van der Waals surface area contributed by atoms with Crippen molar-refractivity contribution in [3.63, 3.8) is 0 Å². The second-order valence-electron chi connectivity index (χ2n) is 6.80. The number of nitrogens with zero attached hydrogens (tertiary/aromatic N) is 4. The smallest absolute Gasteiger partial charge is 0.331 e. The molecule has 9 heteroatoms. The van der Waals surface area contributed by atoms with Crippen molar-refractivity contribution in [3.05, 3.63) is 45.4 Å². The van der Waals surface area contributed by atoms with Crippen molar-refractivity contribution >= 4 is 35.2 Å². The summed E-state index contributed by atoms with van der Waals surface area (Å²) in [7, 11) is 1.84. The first-order chi connectivity index (χ1) is 13.9. The van der Waals surface area contributed by atoms with Gasteiger partial charge in [-0.1, -0.05) is 6.07 Å². The van der Waals surface area contributed by atoms with E-state index in [1.54, 1.807) is 26.6 Å². The summed E-state index contributed by atoms with van der Waals surface area (Å²) in [5.74, 6) is -0.846. The van der Waals surface area contributed by atoms with E-state index < -0.39 is 5.97 Å². The standard InChI is InChI=1S/C20H24N4O4S/c1-14-16(15(2)22(3)21-14)6-7-19(26)28-13-18(25)23-8-10-24(11-9-23)20(27)17-5-4-12-29-17/h4-7,12H,8-11,13H2,1-3H3/b7-6+. The molecule has 0 spiro atoms. The third-order valence-electron chi connectivity index (χ3n) is 4.94. The molecule has 2 aromatic heterocycles. The number of carbonyl (C=O) groups excluding carboxylic acids is 3. The van der Waals surface area contributed by atoms with Gasteiger partial charge in [0.1, 0.15) is 0 Å². The number of ether oxygens (including phenoxy) is 1. The van der Waals surface area contributed by atoms with Crippen LogP contribution in [-0.4, -0.2) is 70.1 Å². The maximum atomic E-state index is 12.3. The van der Waals surface area contributed by atoms with Gasteiger partial charge in [0.2, 0.25) is 0 Å². The van der Waals surface area contributed by atoms with E-state index >= 15 is 0 Å². The molecule has 0 atom stereocenters. The van der Waals surface area contributed by atoms with Gasteiger partial charge in [-0.2, -0.15) is 5.10 Å². The van der Waals surface area contributed by atoms with Crippen LogP contribution < -0.4 is 0 Å². The predicted molar refractivity (Wildman–Crippen MR) is 109 cm³/mol. The number of esters is 1. The second-order valence-corrected chi connectivity index (χ2v) is 7.75. The van der Waals surface area contributed by atoms with Crippen LogP contribution in [0.25, 0.3) is 6.08 Å². The molecule has 0 radical (unpaired) electrons. The first kappa shape index (κ1) is 20.8. The van der Waals surface area contributed by atoms with Gasteiger partial charge in [-0.3, -0.25) is 14.3 Å². The zero-order valence-corrected chi connectivity index (χ0v) is 17.6. The van der Waals surface area contributed by atoms with Crippen LogP contribution in [0.15, 0.2) is 23.6 Å². The molecule has 0 aliphatic carbocycles. The molecule has 0 unspecified atom stereocenters. The van der Waals surface area contributed by atoms with E-state index in [-0.39, 0.29) is 18.4 Å². The van der Waals surface area contributed by atoms with Crippen molar-refractivity contribution < 1.29 is 19.1 Å². The molecule has 1 aliphatic rings. The van der Waals surface area contributed by atoms with E-state index in [0.29, 0.717) is 31.1 Å². The third kappa shape index (κ3) is 4.92. The van der Waals surface area contributed by atoms with Gasteiger partial charge >= 0.3 is 5.97 Å². The van der Waals surface area contributed by atoms with Gasteiger partial charge in [-0.15, -0.1) is 11.3 Å². The van der Waals surface area contributed by atoms with Gasteiger partial charge < -0.3 is 14.5 Å². The van der Waals surface area contributed by atoms with Crippen LogP contribution in [0.2, 0.25) is 0 Å². The van der Waals surface area contributed by atoms with Crippen molar-refractivity contribution in [1.82, 2.24) is 19.6 Å². The Bertz CT molecular complexity index is 925. The molecule has 3 heterocycles. The maximum absolute atomic E-state index is 12.3. The van der Waals surface area contributed by atoms with Crippen molar-refractivity contribution in [2.24, 2.45) is 7.05 Å². The van der Waals surface area contributed by atoms with Crippen molar-refractivity contribution in [3.8, 4) is 0 Å². The Hall–Kier alpha value is -2.94. The zero-order valence-electron chi connectivity index (χ0n) is 16.8. The quantitative estimate of drug-likeness (QED) is 0.547. The molecule has 0 N–H and O–H groups in total. The Kier molecular flexibility index (Phi) is 6.48. The maximum Gasteiger partial charge on any atom is 0.331 e. The van der Waals surface area contributed by atoms with E-state index in [2.05, 4.69) is 5.10 Å². The highest BCUT2D eigenvalue weighted by Gasteiger charge is 2.25. The van der Waals surface area contributed by atoms with E-state index in [1.807, 2.05) is 32.3 Å². The fraction of sp³-hybridized carbons (Fsp3) is 0.400. The molecule has 0 bridgehead atoms. The van der Waals surface area contributed by atoms with Gasteiger partial charge in [-0.05, 0) is 31.4 Å². The zero-order chi connectivity index (χ0) is 21.0. The summed E-state index contributed by atoms with van der Waals surface area (Å²) in [5.41, 5.74) is 2.62. The minimum Gasteiger partial charge on any atom is -0.452 e. The van der Waals surface area contributed by atoms with E-state index in [9.17, 15) is 14.4 Å². The highest BCUT2D eigenvalue weighted by Crippen LogP contribution is 2.15. The van der Waals surface area contributed by atoms with E-state index in [1.165, 1.54) is 17.4 Å². The first-order valence-electron chi connectivity index (χ1n) is 9.32. The number of amides is 2. The molecule has 1 saturated heterocycles. The largest absolute Gasteiger partial charge is 0.452 e. The van der Waals surface area contributed by atoms with Gasteiger partial charge in [0, 0.05) is 50.6 Å². The molecule has 154 valence electrons. The topological polar surface area (TPSA) is 84.7 Å². The highest BCUT2D eigenvalue weighted by molar-refractivity contribution is 7.12. The van der Waals surface area contributed by atoms with Crippen LogP contribution in [0.1, 0.15) is 26.6 Å². The summed E-state index contributed by atoms with van der Waals surface area (Å²) in [6.07, 6.45) is 2.96. The fourth-order valence-electron chi connectivity index (χ4n) is 3.17. The van der Waals surface area contributed by atoms with Crippen LogP contribution in [-0.2, 0) is 21.4 Å². The summed E-state index contributed by atoms with van der Waals surface area (Å²) in [4.78, 5) is 40.6. The average molecular weight is 417 g/mol. The molecule has 8 nitrogen and oxygen atoms in total. The number of hydrogen-bond acceptors (Lipinski definition) is 6. The normalized spacial score (nSPS) is 14.4. The summed E-state index contributed by atoms with van der Waals surface area (Å²) in [5, 5.41) is 6.15. The van der Waals surface area contributed by atoms with Gasteiger partial charge in [-0.25, -0.2) is 4.79 Å². The number of aromatic nitrogens is 2. The lowest BCUT2D eigenvalue weighted by atomic mass is 10.2. The summed E-state index contributed by atoms with van der Waals surface area (Å²) >= 11 is 1.41. The Morgan fingerprint density at radius 3 is 2.45 bits per heavy atom. The van der Waals surface area contributed by atoms with Crippen LogP contribution in [0.5, 0.6) is 0 Å². The third-order valence-corrected chi connectivity index (χ3v) is 5.80. The SMILES string of the molecule is Cc1nn(C)c(C)c1/C=C/C(=O)OCC(=O)N1CCN(C(=O)c2cccs2)CC1. The summed E-state index contributed by atoms with van der Waals surface area (Å²) < 4.78 is 6.82. The predicted octanol–water partition coefficient (Wildman–Crippen LogP) is 1.64. The Balaban J connectivity index is 1.44. The first-order valence-corrected chi connectivity index (χ1v) is 10.2. The van der Waals surface area contributed by atoms with Crippen molar-refractivity contribution in [1.29, 1.82) is 0 Å². The molecule has 3 rings (SSSR count). The molecule has 29 heavy (non-hydrogen) atoms. The van der Waals surface area contributed by atoms with Crippen LogP contribution in [0.3, 0.4) is 0 Å². The van der Waals surface area contributed by atoms with Crippen LogP contribution >= 0.6 is 11.3 Å². The van der Waals surface area contributed by atoms with E-state index in [4.69, 9.17) is 4.74 Å².